The molecule has 0 bridgehead atoms. The highest BCUT2D eigenvalue weighted by molar-refractivity contribution is 7.17. The molecule has 1 unspecified atom stereocenters. The number of thiazole rings is 1. The zero-order valence-electron chi connectivity index (χ0n) is 25.2. The molecule has 4 rings (SSSR count). The van der Waals surface area contributed by atoms with E-state index in [-0.39, 0.29) is 44.4 Å². The molecule has 1 saturated carbocycles. The maximum absolute atomic E-state index is 14.3. The lowest BCUT2D eigenvalue weighted by molar-refractivity contribution is -0.138. The highest BCUT2D eigenvalue weighted by Gasteiger charge is 2.48. The number of anilines is 1. The normalized spacial score (nSPS) is 21.7. The van der Waals surface area contributed by atoms with E-state index in [0.717, 1.165) is 43.4 Å². The van der Waals surface area contributed by atoms with Gasteiger partial charge in [0.15, 0.2) is 13.3 Å². The Morgan fingerprint density at radius 1 is 1.21 bits per heavy atom. The van der Waals surface area contributed by atoms with Crippen LogP contribution < -0.4 is 10.6 Å². The second-order valence-electron chi connectivity index (χ2n) is 12.8. The van der Waals surface area contributed by atoms with Gasteiger partial charge in [-0.3, -0.25) is 9.59 Å². The number of carbonyl (C=O) groups excluding carboxylic acids is 2. The van der Waals surface area contributed by atoms with E-state index in [4.69, 9.17) is 4.43 Å². The molecule has 2 amide bonds. The van der Waals surface area contributed by atoms with Crippen LogP contribution in [0.3, 0.4) is 0 Å². The van der Waals surface area contributed by atoms with Gasteiger partial charge in [-0.2, -0.15) is 13.2 Å². The SMILES string of the molecule is C[C@H](Nc1cc(C(F)F)c(-c2sc(C(=O)NC3C[C@H]3O[Si](C)(C)C(C)(C)C)nc2C(=O)N2CCC[C@@H]2C)cn1)C(F)(F)F. The zero-order chi connectivity index (χ0) is 32.1. The van der Waals surface area contributed by atoms with Crippen molar-refractivity contribution < 1.29 is 36.0 Å². The van der Waals surface area contributed by atoms with Crippen LogP contribution in [-0.2, 0) is 4.43 Å². The molecule has 1 saturated heterocycles. The summed E-state index contributed by atoms with van der Waals surface area (Å²) in [4.78, 5) is 36.8. The van der Waals surface area contributed by atoms with Gasteiger partial charge in [-0.05, 0) is 57.3 Å². The average Bonchev–Trinajstić information content (AvgIpc) is 3.24. The fourth-order valence-electron chi connectivity index (χ4n) is 4.58. The first kappa shape index (κ1) is 33.2. The van der Waals surface area contributed by atoms with Gasteiger partial charge in [0, 0.05) is 29.9 Å². The Balaban J connectivity index is 1.65. The van der Waals surface area contributed by atoms with Gasteiger partial charge in [0.2, 0.25) is 0 Å². The standard InChI is InChI=1S/C28H38F5N5O3SSi/c1-14-9-8-10-38(14)26(40)21-22(17-13-34-20(11-16(17)23(29)30)35-15(2)28(31,32)33)42-25(37-21)24(39)36-18-12-19(18)41-43(6,7)27(3,4)5/h11,13-15,18-19,23H,8-10,12H2,1-7H3,(H,34,35)(H,36,39)/t14-,15-,18?,19+/m0/s1. The van der Waals surface area contributed by atoms with Crippen molar-refractivity contribution in [3.63, 3.8) is 0 Å². The minimum absolute atomic E-state index is 0.0113. The molecule has 1 aliphatic heterocycles. The lowest BCUT2D eigenvalue weighted by atomic mass is 10.1. The Morgan fingerprint density at radius 2 is 1.88 bits per heavy atom. The summed E-state index contributed by atoms with van der Waals surface area (Å²) < 4.78 is 74.1. The van der Waals surface area contributed by atoms with E-state index in [0.29, 0.717) is 13.0 Å². The number of nitrogens with zero attached hydrogens (tertiary/aromatic N) is 3. The summed E-state index contributed by atoms with van der Waals surface area (Å²) >= 11 is 0.777. The summed E-state index contributed by atoms with van der Waals surface area (Å²) in [5.41, 5.74) is -0.963. The maximum Gasteiger partial charge on any atom is 0.408 e. The number of likely N-dealkylation sites (tertiary alicyclic amines) is 1. The number of amides is 2. The van der Waals surface area contributed by atoms with Gasteiger partial charge in [-0.25, -0.2) is 18.7 Å². The van der Waals surface area contributed by atoms with E-state index in [1.807, 2.05) is 6.92 Å². The van der Waals surface area contributed by atoms with Crippen LogP contribution in [0.2, 0.25) is 18.1 Å². The van der Waals surface area contributed by atoms with E-state index >= 15 is 0 Å². The first-order chi connectivity index (χ1) is 19.8. The van der Waals surface area contributed by atoms with Gasteiger partial charge >= 0.3 is 6.18 Å². The van der Waals surface area contributed by atoms with Gasteiger partial charge < -0.3 is 20.0 Å². The number of nitrogens with one attached hydrogen (secondary N) is 2. The summed E-state index contributed by atoms with van der Waals surface area (Å²) in [5, 5.41) is 4.88. The van der Waals surface area contributed by atoms with Gasteiger partial charge in [0.1, 0.15) is 17.6 Å². The fourth-order valence-corrected chi connectivity index (χ4v) is 6.94. The Hall–Kier alpha value is -2.65. The number of aromatic nitrogens is 2. The van der Waals surface area contributed by atoms with E-state index in [2.05, 4.69) is 54.5 Å². The first-order valence-electron chi connectivity index (χ1n) is 14.2. The number of hydrogen-bond donors (Lipinski definition) is 2. The Kier molecular flexibility index (Phi) is 9.30. The van der Waals surface area contributed by atoms with Crippen LogP contribution in [0.1, 0.15) is 86.2 Å². The van der Waals surface area contributed by atoms with Crippen LogP contribution in [0.5, 0.6) is 0 Å². The molecule has 43 heavy (non-hydrogen) atoms. The fraction of sp³-hybridized carbons (Fsp3) is 0.643. The second kappa shape index (κ2) is 12.0. The van der Waals surface area contributed by atoms with Crippen LogP contribution in [-0.4, -0.2) is 72.0 Å². The Bertz CT molecular complexity index is 1360. The van der Waals surface area contributed by atoms with Gasteiger partial charge in [0.25, 0.3) is 18.2 Å². The number of pyridine rings is 1. The lowest BCUT2D eigenvalue weighted by Gasteiger charge is -2.36. The maximum atomic E-state index is 14.3. The van der Waals surface area contributed by atoms with Crippen molar-refractivity contribution in [1.82, 2.24) is 20.2 Å². The zero-order valence-corrected chi connectivity index (χ0v) is 27.1. The summed E-state index contributed by atoms with van der Waals surface area (Å²) in [6.07, 6.45) is -4.73. The molecule has 15 heteroatoms. The molecular weight excluding hydrogens is 609 g/mol. The third-order valence-electron chi connectivity index (χ3n) is 8.41. The Morgan fingerprint density at radius 3 is 2.44 bits per heavy atom. The minimum atomic E-state index is -4.62. The molecule has 0 aromatic carbocycles. The molecule has 3 heterocycles. The van der Waals surface area contributed by atoms with Crippen LogP contribution in [0.15, 0.2) is 12.3 Å². The minimum Gasteiger partial charge on any atom is -0.412 e. The van der Waals surface area contributed by atoms with Gasteiger partial charge in [-0.1, -0.05) is 20.8 Å². The largest absolute Gasteiger partial charge is 0.412 e. The quantitative estimate of drug-likeness (QED) is 0.224. The van der Waals surface area contributed by atoms with Crippen molar-refractivity contribution in [1.29, 1.82) is 0 Å². The monoisotopic (exact) mass is 647 g/mol. The average molecular weight is 648 g/mol. The van der Waals surface area contributed by atoms with Crippen LogP contribution >= 0.6 is 11.3 Å². The summed E-state index contributed by atoms with van der Waals surface area (Å²) in [6, 6.07) is -1.55. The van der Waals surface area contributed by atoms with Crippen molar-refractivity contribution in [2.24, 2.45) is 0 Å². The lowest BCUT2D eigenvalue weighted by Crippen LogP contribution is -2.42. The van der Waals surface area contributed by atoms with E-state index in [9.17, 15) is 31.5 Å². The molecule has 2 N–H and O–H groups in total. The number of hydrogen-bond acceptors (Lipinski definition) is 7. The Labute approximate surface area is 252 Å². The topological polar surface area (TPSA) is 96.4 Å². The highest BCUT2D eigenvalue weighted by Crippen LogP contribution is 2.42. The molecule has 0 radical (unpaired) electrons. The number of carbonyl (C=O) groups is 2. The molecule has 2 aromatic heterocycles. The van der Waals surface area contributed by atoms with Crippen molar-refractivity contribution in [2.45, 2.75) is 109 Å². The van der Waals surface area contributed by atoms with E-state index in [1.54, 1.807) is 4.90 Å². The first-order valence-corrected chi connectivity index (χ1v) is 17.9. The van der Waals surface area contributed by atoms with Crippen molar-refractivity contribution in [2.75, 3.05) is 11.9 Å². The predicted molar refractivity (Wildman–Crippen MR) is 157 cm³/mol. The van der Waals surface area contributed by atoms with Crippen molar-refractivity contribution in [3.05, 3.63) is 28.5 Å². The van der Waals surface area contributed by atoms with Gasteiger partial charge in [0.05, 0.1) is 17.0 Å². The molecule has 238 valence electrons. The van der Waals surface area contributed by atoms with Crippen LogP contribution in [0, 0.1) is 0 Å². The third kappa shape index (κ3) is 7.36. The summed E-state index contributed by atoms with van der Waals surface area (Å²) in [6.45, 7) is 13.8. The van der Waals surface area contributed by atoms with Crippen molar-refractivity contribution >= 4 is 37.3 Å². The summed E-state index contributed by atoms with van der Waals surface area (Å²) in [7, 11) is -2.07. The molecule has 2 aromatic rings. The van der Waals surface area contributed by atoms with Crippen LogP contribution in [0.4, 0.5) is 27.8 Å². The smallest absolute Gasteiger partial charge is 0.408 e. The molecular formula is C28H38F5N5O3SSi. The molecule has 1 aliphatic carbocycles. The number of halogens is 5. The highest BCUT2D eigenvalue weighted by atomic mass is 32.1. The van der Waals surface area contributed by atoms with E-state index in [1.165, 1.54) is 0 Å². The molecule has 2 aliphatic rings. The number of rotatable bonds is 9. The molecule has 8 nitrogen and oxygen atoms in total. The molecule has 2 fully saturated rings. The molecule has 4 atom stereocenters. The number of alkyl halides is 5. The predicted octanol–water partition coefficient (Wildman–Crippen LogP) is 7.02. The summed E-state index contributed by atoms with van der Waals surface area (Å²) in [5.74, 6) is -1.46. The van der Waals surface area contributed by atoms with E-state index < -0.39 is 50.2 Å². The van der Waals surface area contributed by atoms with Crippen LogP contribution in [0.25, 0.3) is 10.4 Å². The third-order valence-corrected chi connectivity index (χ3v) is 14.0. The van der Waals surface area contributed by atoms with Crippen molar-refractivity contribution in [3.8, 4) is 10.4 Å². The second-order valence-corrected chi connectivity index (χ2v) is 18.5. The molecule has 0 spiro atoms. The van der Waals surface area contributed by atoms with Gasteiger partial charge in [-0.15, -0.1) is 11.3 Å².